The highest BCUT2D eigenvalue weighted by Crippen LogP contribution is 2.10. The third-order valence-electron chi connectivity index (χ3n) is 2.74. The van der Waals surface area contributed by atoms with Gasteiger partial charge in [0.05, 0.1) is 26.2 Å². The molecule has 16 heavy (non-hydrogen) atoms. The summed E-state index contributed by atoms with van der Waals surface area (Å²) in [6, 6.07) is 5.25. The van der Waals surface area contributed by atoms with Crippen molar-refractivity contribution in [3.8, 4) is 24.9 Å². The molecule has 0 aliphatic carbocycles. The van der Waals surface area contributed by atoms with E-state index in [1.54, 1.807) is 0 Å². The van der Waals surface area contributed by atoms with Gasteiger partial charge in [-0.25, -0.2) is 0 Å². The molecule has 2 aliphatic rings. The molecule has 2 aliphatic heterocycles. The molecule has 0 saturated carbocycles. The van der Waals surface area contributed by atoms with Crippen LogP contribution in [0.25, 0.3) is 0 Å². The second kappa shape index (κ2) is 4.72. The number of hydrogen-bond acceptors (Lipinski definition) is 4. The first-order valence-electron chi connectivity index (χ1n) is 5.39. The maximum Gasteiger partial charge on any atom is 0.111 e. The largest absolute Gasteiger partial charge is 0.288 e. The van der Waals surface area contributed by atoms with Crippen LogP contribution in [0.1, 0.15) is 12.8 Å². The van der Waals surface area contributed by atoms with E-state index in [0.717, 1.165) is 50.7 Å². The molecule has 0 N–H and O–H groups in total. The number of hydrogen-bond donors (Lipinski definition) is 0. The van der Waals surface area contributed by atoms with E-state index in [2.05, 4.69) is 22.1 Å². The van der Waals surface area contributed by atoms with Crippen LogP contribution in [0.4, 0.5) is 0 Å². The van der Waals surface area contributed by atoms with Gasteiger partial charge in [-0.1, -0.05) is 12.8 Å². The zero-order valence-electron chi connectivity index (χ0n) is 9.19. The van der Waals surface area contributed by atoms with E-state index >= 15 is 0 Å². The van der Waals surface area contributed by atoms with Crippen molar-refractivity contribution in [2.45, 2.75) is 12.8 Å². The predicted octanol–water partition coefficient (Wildman–Crippen LogP) is 0.376. The molecule has 0 unspecified atom stereocenters. The van der Waals surface area contributed by atoms with Gasteiger partial charge in [-0.2, -0.15) is 0 Å². The lowest BCUT2D eigenvalue weighted by Crippen LogP contribution is -2.26. The number of aliphatic imine (C=N–C) groups is 2. The van der Waals surface area contributed by atoms with Crippen LogP contribution in [-0.2, 0) is 0 Å². The summed E-state index contributed by atoms with van der Waals surface area (Å²) < 4.78 is 0. The van der Waals surface area contributed by atoms with E-state index in [0.29, 0.717) is 0 Å². The number of nitrogens with zero attached hydrogens (tertiary/aromatic N) is 4. The monoisotopic (exact) mass is 214 g/mol. The van der Waals surface area contributed by atoms with Crippen LogP contribution in [0.15, 0.2) is 9.98 Å². The first-order chi connectivity index (χ1) is 7.85. The van der Waals surface area contributed by atoms with Gasteiger partial charge in [0.25, 0.3) is 0 Å². The minimum atomic E-state index is 0.796. The van der Waals surface area contributed by atoms with Crippen molar-refractivity contribution in [3.63, 3.8) is 0 Å². The highest BCUT2D eigenvalue weighted by molar-refractivity contribution is 5.92. The van der Waals surface area contributed by atoms with Crippen molar-refractivity contribution < 1.29 is 0 Å². The molecule has 0 spiro atoms. The molecule has 82 valence electrons. The summed E-state index contributed by atoms with van der Waals surface area (Å²) >= 11 is 0. The van der Waals surface area contributed by atoms with Crippen molar-refractivity contribution in [2.75, 3.05) is 26.2 Å². The summed E-state index contributed by atoms with van der Waals surface area (Å²) in [6.07, 6.45) is 12.4. The minimum Gasteiger partial charge on any atom is -0.288 e. The minimum absolute atomic E-state index is 0.796. The lowest BCUT2D eigenvalue weighted by molar-refractivity contribution is 0.616. The fourth-order valence-electron chi connectivity index (χ4n) is 1.92. The van der Waals surface area contributed by atoms with Crippen molar-refractivity contribution in [1.29, 1.82) is 0 Å². The van der Waals surface area contributed by atoms with Gasteiger partial charge in [-0.05, 0) is 0 Å². The molecule has 0 saturated heterocycles. The summed E-state index contributed by atoms with van der Waals surface area (Å²) in [7, 11) is 0. The van der Waals surface area contributed by atoms with Gasteiger partial charge >= 0.3 is 0 Å². The van der Waals surface area contributed by atoms with Crippen molar-refractivity contribution in [2.24, 2.45) is 9.98 Å². The van der Waals surface area contributed by atoms with Gasteiger partial charge in [0.15, 0.2) is 0 Å². The molecule has 4 heteroatoms. The van der Waals surface area contributed by atoms with E-state index < -0.39 is 0 Å². The van der Waals surface area contributed by atoms with E-state index in [1.165, 1.54) is 0 Å². The second-order valence-corrected chi connectivity index (χ2v) is 3.66. The Morgan fingerprint density at radius 1 is 0.938 bits per heavy atom. The molecule has 0 aromatic heterocycles. The quantitative estimate of drug-likeness (QED) is 0.636. The molecule has 0 bridgehead atoms. The van der Waals surface area contributed by atoms with Crippen LogP contribution in [-0.4, -0.2) is 47.7 Å². The predicted molar refractivity (Wildman–Crippen MR) is 64.9 cm³/mol. The molecule has 2 rings (SSSR count). The summed E-state index contributed by atoms with van der Waals surface area (Å²) in [5.74, 6) is 1.96. The van der Waals surface area contributed by atoms with Gasteiger partial charge in [-0.15, -0.1) is 0 Å². The number of terminal acetylenes is 2. The Balaban J connectivity index is 1.89. The van der Waals surface area contributed by atoms with Crippen LogP contribution in [0.2, 0.25) is 0 Å². The summed E-state index contributed by atoms with van der Waals surface area (Å²) in [5.41, 5.74) is 0. The van der Waals surface area contributed by atoms with E-state index in [4.69, 9.17) is 12.8 Å². The van der Waals surface area contributed by atoms with Gasteiger partial charge in [0.1, 0.15) is 11.7 Å². The van der Waals surface area contributed by atoms with Crippen LogP contribution in [0, 0.1) is 24.9 Å². The topological polar surface area (TPSA) is 31.2 Å². The van der Waals surface area contributed by atoms with Gasteiger partial charge in [-0.3, -0.25) is 19.8 Å². The maximum atomic E-state index is 5.38. The van der Waals surface area contributed by atoms with Crippen LogP contribution in [0.5, 0.6) is 0 Å². The smallest absolute Gasteiger partial charge is 0.111 e. The summed E-state index contributed by atoms with van der Waals surface area (Å²) in [6.45, 7) is 3.25. The first kappa shape index (κ1) is 10.6. The molecule has 0 aromatic rings. The average molecular weight is 214 g/mol. The van der Waals surface area contributed by atoms with E-state index in [1.807, 2.05) is 9.80 Å². The molecule has 0 radical (unpaired) electrons. The lowest BCUT2D eigenvalue weighted by atomic mass is 10.2. The molecule has 4 nitrogen and oxygen atoms in total. The van der Waals surface area contributed by atoms with Crippen molar-refractivity contribution >= 4 is 11.7 Å². The second-order valence-electron chi connectivity index (χ2n) is 3.66. The Bertz CT molecular complexity index is 368. The highest BCUT2D eigenvalue weighted by atomic mass is 15.2. The third kappa shape index (κ3) is 2.01. The van der Waals surface area contributed by atoms with Gasteiger partial charge in [0.2, 0.25) is 0 Å². The highest BCUT2D eigenvalue weighted by Gasteiger charge is 2.19. The Kier molecular flexibility index (Phi) is 3.12. The van der Waals surface area contributed by atoms with Gasteiger partial charge < -0.3 is 0 Å². The molecule has 0 fully saturated rings. The summed E-state index contributed by atoms with van der Waals surface area (Å²) in [4.78, 5) is 12.5. The summed E-state index contributed by atoms with van der Waals surface area (Å²) in [5, 5.41) is 0. The molecular formula is C12H14N4. The Hall–Kier alpha value is -1.94. The number of amidine groups is 2. The zero-order valence-corrected chi connectivity index (χ0v) is 9.19. The average Bonchev–Trinajstić information content (AvgIpc) is 2.94. The fraction of sp³-hybridized carbons (Fsp3) is 0.500. The maximum absolute atomic E-state index is 5.38. The normalized spacial score (nSPS) is 19.1. The molecule has 0 amide bonds. The zero-order chi connectivity index (χ0) is 11.4. The fourth-order valence-corrected chi connectivity index (χ4v) is 1.92. The van der Waals surface area contributed by atoms with E-state index in [-0.39, 0.29) is 0 Å². The van der Waals surface area contributed by atoms with Crippen molar-refractivity contribution in [1.82, 2.24) is 9.80 Å². The standard InChI is InChI=1S/C12H14N4/c1-3-15-9-7-13-11(15)5-6-12-14-8-10-16(12)4-2/h1-2H,5-10H2. The first-order valence-corrected chi connectivity index (χ1v) is 5.39. The third-order valence-corrected chi connectivity index (χ3v) is 2.74. The molecule has 0 aromatic carbocycles. The Labute approximate surface area is 96.1 Å². The van der Waals surface area contributed by atoms with Crippen molar-refractivity contribution in [3.05, 3.63) is 0 Å². The molecule has 2 heterocycles. The van der Waals surface area contributed by atoms with Gasteiger partial charge in [0, 0.05) is 24.9 Å². The molecular weight excluding hydrogens is 200 g/mol. The Morgan fingerprint density at radius 2 is 1.38 bits per heavy atom. The van der Waals surface area contributed by atoms with Crippen LogP contribution >= 0.6 is 0 Å². The van der Waals surface area contributed by atoms with E-state index in [9.17, 15) is 0 Å². The van der Waals surface area contributed by atoms with Crippen LogP contribution in [0.3, 0.4) is 0 Å². The molecule has 0 atom stereocenters. The van der Waals surface area contributed by atoms with Crippen LogP contribution < -0.4 is 0 Å². The Morgan fingerprint density at radius 3 is 1.75 bits per heavy atom. The lowest BCUT2D eigenvalue weighted by Gasteiger charge is -2.14. The number of rotatable bonds is 3. The SMILES string of the molecule is C#CN1CCN=C1CCC1=NCCN1C#C.